The number of likely N-dealkylation sites (tertiary alicyclic amines) is 1. The van der Waals surface area contributed by atoms with Crippen LogP contribution in [0.3, 0.4) is 0 Å². The van der Waals surface area contributed by atoms with Crippen LogP contribution in [0.2, 0.25) is 0 Å². The number of nitrogens with zero attached hydrogens (tertiary/aromatic N) is 2. The summed E-state index contributed by atoms with van der Waals surface area (Å²) in [6.45, 7) is 5.88. The number of piperidine rings is 1. The highest BCUT2D eigenvalue weighted by atomic mass is 16.1. The van der Waals surface area contributed by atoms with Gasteiger partial charge in [0.1, 0.15) is 0 Å². The van der Waals surface area contributed by atoms with E-state index in [4.69, 9.17) is 0 Å². The lowest BCUT2D eigenvalue weighted by atomic mass is 9.68. The van der Waals surface area contributed by atoms with Crippen molar-refractivity contribution >= 4 is 5.91 Å². The number of amides is 1. The van der Waals surface area contributed by atoms with E-state index in [9.17, 15) is 4.79 Å². The number of aryl methyl sites for hydroxylation is 1. The maximum atomic E-state index is 13.4. The first-order valence-corrected chi connectivity index (χ1v) is 14.4. The quantitative estimate of drug-likeness (QED) is 0.233. The molecule has 0 spiro atoms. The largest absolute Gasteiger partial charge is 0.352 e. The monoisotopic (exact) mass is 517 g/mol. The molecule has 0 saturated carbocycles. The molecule has 39 heavy (non-hydrogen) atoms. The maximum absolute atomic E-state index is 13.4. The Kier molecular flexibility index (Phi) is 8.85. The van der Waals surface area contributed by atoms with E-state index < -0.39 is 0 Å². The van der Waals surface area contributed by atoms with Crippen LogP contribution < -0.4 is 5.32 Å². The normalized spacial score (nSPS) is 15.1. The fourth-order valence-electron chi connectivity index (χ4n) is 6.05. The Morgan fingerprint density at radius 3 is 2.03 bits per heavy atom. The minimum Gasteiger partial charge on any atom is -0.352 e. The van der Waals surface area contributed by atoms with Crippen LogP contribution in [0.1, 0.15) is 59.8 Å². The number of carbonyl (C=O) groups excluding carboxylic acids is 1. The highest BCUT2D eigenvalue weighted by Gasteiger charge is 2.37. The Morgan fingerprint density at radius 2 is 1.44 bits per heavy atom. The number of rotatable bonds is 10. The molecule has 0 aliphatic carbocycles. The second kappa shape index (κ2) is 12.9. The van der Waals surface area contributed by atoms with Crippen LogP contribution in [0.15, 0.2) is 103 Å². The third-order valence-corrected chi connectivity index (χ3v) is 8.13. The SMILES string of the molecule is CCCc1nccc(-c2ccccc2)c1C(=O)NCCCN1CCC(c2ccccc2)(c2ccccc2)CC1. The van der Waals surface area contributed by atoms with Crippen molar-refractivity contribution in [1.82, 2.24) is 15.2 Å². The molecule has 3 aromatic carbocycles. The highest BCUT2D eigenvalue weighted by molar-refractivity contribution is 6.01. The molecular weight excluding hydrogens is 478 g/mol. The van der Waals surface area contributed by atoms with Gasteiger partial charge in [-0.15, -0.1) is 0 Å². The van der Waals surface area contributed by atoms with Gasteiger partial charge in [-0.2, -0.15) is 0 Å². The minimum absolute atomic E-state index is 0.0174. The van der Waals surface area contributed by atoms with Crippen LogP contribution in [0.5, 0.6) is 0 Å². The third kappa shape index (κ3) is 6.12. The second-order valence-corrected chi connectivity index (χ2v) is 10.6. The van der Waals surface area contributed by atoms with Crippen molar-refractivity contribution in [2.24, 2.45) is 0 Å². The Labute approximate surface area is 233 Å². The molecule has 5 rings (SSSR count). The zero-order valence-electron chi connectivity index (χ0n) is 23.0. The lowest BCUT2D eigenvalue weighted by molar-refractivity contribution is 0.0949. The number of carbonyl (C=O) groups is 1. The predicted molar refractivity (Wildman–Crippen MR) is 160 cm³/mol. The molecule has 0 atom stereocenters. The van der Waals surface area contributed by atoms with E-state index in [1.165, 1.54) is 11.1 Å². The summed E-state index contributed by atoms with van der Waals surface area (Å²) in [5, 5.41) is 3.21. The summed E-state index contributed by atoms with van der Waals surface area (Å²) in [5.41, 5.74) is 6.51. The van der Waals surface area contributed by atoms with Gasteiger partial charge in [-0.05, 0) is 73.6 Å². The number of nitrogens with one attached hydrogen (secondary N) is 1. The first-order chi connectivity index (χ1) is 19.2. The average molecular weight is 518 g/mol. The van der Waals surface area contributed by atoms with E-state index in [-0.39, 0.29) is 11.3 Å². The van der Waals surface area contributed by atoms with Crippen molar-refractivity contribution in [1.29, 1.82) is 0 Å². The van der Waals surface area contributed by atoms with Gasteiger partial charge >= 0.3 is 0 Å². The van der Waals surface area contributed by atoms with Crippen molar-refractivity contribution < 1.29 is 4.79 Å². The lowest BCUT2D eigenvalue weighted by Crippen LogP contribution is -2.44. The lowest BCUT2D eigenvalue weighted by Gasteiger charge is -2.43. The van der Waals surface area contributed by atoms with Gasteiger partial charge in [0, 0.05) is 18.2 Å². The first-order valence-electron chi connectivity index (χ1n) is 14.4. The van der Waals surface area contributed by atoms with Crippen LogP contribution in [0, 0.1) is 0 Å². The summed E-state index contributed by atoms with van der Waals surface area (Å²) in [6.07, 6.45) is 6.70. The molecular formula is C35H39N3O. The van der Waals surface area contributed by atoms with Gasteiger partial charge in [0.15, 0.2) is 0 Å². The fraction of sp³-hybridized carbons (Fsp3) is 0.314. The van der Waals surface area contributed by atoms with Crippen molar-refractivity contribution in [2.75, 3.05) is 26.2 Å². The van der Waals surface area contributed by atoms with Crippen LogP contribution in [0.4, 0.5) is 0 Å². The fourth-order valence-corrected chi connectivity index (χ4v) is 6.05. The Balaban J connectivity index is 1.20. The molecule has 1 aliphatic rings. The Bertz CT molecular complexity index is 1290. The molecule has 1 amide bonds. The molecule has 1 saturated heterocycles. The van der Waals surface area contributed by atoms with Gasteiger partial charge in [0.2, 0.25) is 0 Å². The van der Waals surface area contributed by atoms with Crippen LogP contribution in [0.25, 0.3) is 11.1 Å². The zero-order chi connectivity index (χ0) is 26.9. The number of aromatic nitrogens is 1. The molecule has 0 bridgehead atoms. The molecule has 4 heteroatoms. The minimum atomic E-state index is -0.0174. The van der Waals surface area contributed by atoms with E-state index in [2.05, 4.69) is 94.9 Å². The van der Waals surface area contributed by atoms with Crippen LogP contribution >= 0.6 is 0 Å². The highest BCUT2D eigenvalue weighted by Crippen LogP contribution is 2.41. The molecule has 4 aromatic rings. The number of hydrogen-bond donors (Lipinski definition) is 1. The summed E-state index contributed by atoms with van der Waals surface area (Å²) in [5.74, 6) is -0.0174. The smallest absolute Gasteiger partial charge is 0.253 e. The number of hydrogen-bond acceptors (Lipinski definition) is 3. The Hall–Kier alpha value is -3.76. The van der Waals surface area contributed by atoms with Gasteiger partial charge in [-0.3, -0.25) is 9.78 Å². The van der Waals surface area contributed by atoms with E-state index in [1.54, 1.807) is 0 Å². The molecule has 200 valence electrons. The zero-order valence-corrected chi connectivity index (χ0v) is 23.0. The molecule has 0 radical (unpaired) electrons. The summed E-state index contributed by atoms with van der Waals surface area (Å²) in [6, 6.07) is 34.1. The Morgan fingerprint density at radius 1 is 0.846 bits per heavy atom. The summed E-state index contributed by atoms with van der Waals surface area (Å²) in [7, 11) is 0. The molecule has 2 heterocycles. The third-order valence-electron chi connectivity index (χ3n) is 8.13. The first kappa shape index (κ1) is 26.8. The summed E-state index contributed by atoms with van der Waals surface area (Å²) in [4.78, 5) is 20.5. The molecule has 1 N–H and O–H groups in total. The molecule has 1 aliphatic heterocycles. The van der Waals surface area contributed by atoms with Crippen molar-refractivity contribution in [2.45, 2.75) is 44.4 Å². The molecule has 1 fully saturated rings. The van der Waals surface area contributed by atoms with Crippen molar-refractivity contribution in [3.8, 4) is 11.1 Å². The van der Waals surface area contributed by atoms with Gasteiger partial charge in [0.05, 0.1) is 11.3 Å². The van der Waals surface area contributed by atoms with Crippen LogP contribution in [-0.4, -0.2) is 42.0 Å². The van der Waals surface area contributed by atoms with Gasteiger partial charge in [-0.1, -0.05) is 104 Å². The van der Waals surface area contributed by atoms with Gasteiger partial charge in [-0.25, -0.2) is 0 Å². The van der Waals surface area contributed by atoms with Crippen LogP contribution in [-0.2, 0) is 11.8 Å². The maximum Gasteiger partial charge on any atom is 0.253 e. The van der Waals surface area contributed by atoms with Crippen molar-refractivity contribution in [3.63, 3.8) is 0 Å². The van der Waals surface area contributed by atoms with Gasteiger partial charge in [0.25, 0.3) is 5.91 Å². The molecule has 0 unspecified atom stereocenters. The number of pyridine rings is 1. The topological polar surface area (TPSA) is 45.2 Å². The standard InChI is InChI=1S/C35H39N3O/c1-2-13-32-33(31(20-24-36-32)28-14-6-3-7-15-28)34(39)37-23-12-25-38-26-21-35(22-27-38,29-16-8-4-9-17-29)30-18-10-5-11-19-30/h3-11,14-20,24H,2,12-13,21-23,25-27H2,1H3,(H,37,39). The van der Waals surface area contributed by atoms with Crippen molar-refractivity contribution in [3.05, 3.63) is 126 Å². The van der Waals surface area contributed by atoms with E-state index in [1.807, 2.05) is 30.5 Å². The summed E-state index contributed by atoms with van der Waals surface area (Å²) < 4.78 is 0. The van der Waals surface area contributed by atoms with E-state index in [0.29, 0.717) is 6.54 Å². The second-order valence-electron chi connectivity index (χ2n) is 10.6. The molecule has 4 nitrogen and oxygen atoms in total. The summed E-state index contributed by atoms with van der Waals surface area (Å²) >= 11 is 0. The average Bonchev–Trinajstić information content (AvgIpc) is 3.01. The van der Waals surface area contributed by atoms with E-state index >= 15 is 0 Å². The van der Waals surface area contributed by atoms with Gasteiger partial charge < -0.3 is 10.2 Å². The predicted octanol–water partition coefficient (Wildman–Crippen LogP) is 6.90. The number of benzene rings is 3. The van der Waals surface area contributed by atoms with E-state index in [0.717, 1.165) is 74.1 Å². The molecule has 1 aromatic heterocycles.